The topological polar surface area (TPSA) is 98.3 Å². The zero-order chi connectivity index (χ0) is 25.2. The van der Waals surface area contributed by atoms with E-state index in [4.69, 9.17) is 0 Å². The Morgan fingerprint density at radius 3 is 1.78 bits per heavy atom. The Labute approximate surface area is 211 Å². The van der Waals surface area contributed by atoms with Crippen LogP contribution in [0.2, 0.25) is 0 Å². The summed E-state index contributed by atoms with van der Waals surface area (Å²) in [6, 6.07) is 5.18. The SMILES string of the molecule is O=C[C@@H]1CCCN1C(=O)[C@@H]1CCCN1C(=O)c1cccc(C(=O)N2CCCC2C(=O)N2CCCC2)c1. The molecule has 4 heterocycles. The van der Waals surface area contributed by atoms with Gasteiger partial charge < -0.3 is 24.4 Å². The van der Waals surface area contributed by atoms with Gasteiger partial charge in [-0.15, -0.1) is 0 Å². The molecule has 0 radical (unpaired) electrons. The molecule has 1 aromatic carbocycles. The lowest BCUT2D eigenvalue weighted by Crippen LogP contribution is -2.49. The predicted octanol–water partition coefficient (Wildman–Crippen LogP) is 1.71. The number of aldehydes is 1. The van der Waals surface area contributed by atoms with Gasteiger partial charge in [0.15, 0.2) is 0 Å². The highest BCUT2D eigenvalue weighted by Gasteiger charge is 2.41. The van der Waals surface area contributed by atoms with Crippen LogP contribution in [0.5, 0.6) is 0 Å². The Kier molecular flexibility index (Phi) is 7.07. The predicted molar refractivity (Wildman–Crippen MR) is 131 cm³/mol. The van der Waals surface area contributed by atoms with Gasteiger partial charge in [0.25, 0.3) is 11.8 Å². The normalized spacial score (nSPS) is 26.1. The van der Waals surface area contributed by atoms with Gasteiger partial charge in [0.1, 0.15) is 18.4 Å². The Balaban J connectivity index is 1.31. The summed E-state index contributed by atoms with van der Waals surface area (Å²) in [6.45, 7) is 3.03. The van der Waals surface area contributed by atoms with E-state index in [2.05, 4.69) is 0 Å². The van der Waals surface area contributed by atoms with E-state index in [-0.39, 0.29) is 23.6 Å². The largest absolute Gasteiger partial charge is 0.341 e. The molecular weight excluding hydrogens is 460 g/mol. The van der Waals surface area contributed by atoms with Crippen LogP contribution in [-0.2, 0) is 14.4 Å². The number of hydrogen-bond acceptors (Lipinski definition) is 5. The Hall–Kier alpha value is -3.23. The van der Waals surface area contributed by atoms with Crippen LogP contribution in [0.4, 0.5) is 0 Å². The first-order valence-corrected chi connectivity index (χ1v) is 13.3. The third-order valence-electron chi connectivity index (χ3n) is 8.11. The summed E-state index contributed by atoms with van der Waals surface area (Å²) < 4.78 is 0. The summed E-state index contributed by atoms with van der Waals surface area (Å²) in [5.74, 6) is -0.657. The second-order valence-electron chi connectivity index (χ2n) is 10.3. The molecule has 0 saturated carbocycles. The molecule has 192 valence electrons. The van der Waals surface area contributed by atoms with Crippen molar-refractivity contribution >= 4 is 29.9 Å². The van der Waals surface area contributed by atoms with Crippen molar-refractivity contribution in [2.45, 2.75) is 69.5 Å². The van der Waals surface area contributed by atoms with Crippen molar-refractivity contribution in [1.29, 1.82) is 0 Å². The summed E-state index contributed by atoms with van der Waals surface area (Å²) in [6.07, 6.45) is 7.01. The minimum absolute atomic E-state index is 0.0274. The quantitative estimate of drug-likeness (QED) is 0.581. The van der Waals surface area contributed by atoms with Crippen molar-refractivity contribution in [3.8, 4) is 0 Å². The maximum absolute atomic E-state index is 13.5. The fraction of sp³-hybridized carbons (Fsp3) is 0.593. The number of hydrogen-bond donors (Lipinski definition) is 0. The molecule has 36 heavy (non-hydrogen) atoms. The summed E-state index contributed by atoms with van der Waals surface area (Å²) in [4.78, 5) is 71.2. The molecule has 1 unspecified atom stereocenters. The third kappa shape index (κ3) is 4.51. The molecule has 0 spiro atoms. The highest BCUT2D eigenvalue weighted by Crippen LogP contribution is 2.27. The lowest BCUT2D eigenvalue weighted by Gasteiger charge is -2.30. The van der Waals surface area contributed by atoms with Gasteiger partial charge in [-0.2, -0.15) is 0 Å². The van der Waals surface area contributed by atoms with E-state index < -0.39 is 18.1 Å². The van der Waals surface area contributed by atoms with Crippen molar-refractivity contribution in [1.82, 2.24) is 19.6 Å². The first-order chi connectivity index (χ1) is 17.5. The number of carbonyl (C=O) groups is 5. The zero-order valence-corrected chi connectivity index (χ0v) is 20.6. The molecule has 0 N–H and O–H groups in total. The maximum atomic E-state index is 13.5. The number of rotatable bonds is 5. The molecule has 3 atom stereocenters. The lowest BCUT2D eigenvalue weighted by atomic mass is 10.1. The van der Waals surface area contributed by atoms with Crippen LogP contribution in [0.1, 0.15) is 72.1 Å². The number of benzene rings is 1. The summed E-state index contributed by atoms with van der Waals surface area (Å²) in [5, 5.41) is 0. The van der Waals surface area contributed by atoms with Crippen LogP contribution in [0.3, 0.4) is 0 Å². The van der Waals surface area contributed by atoms with Crippen LogP contribution in [0.15, 0.2) is 24.3 Å². The summed E-state index contributed by atoms with van der Waals surface area (Å²) >= 11 is 0. The van der Waals surface area contributed by atoms with Gasteiger partial charge in [-0.05, 0) is 69.6 Å². The van der Waals surface area contributed by atoms with Gasteiger partial charge in [-0.1, -0.05) is 6.07 Å². The number of carbonyl (C=O) groups excluding carboxylic acids is 5. The summed E-state index contributed by atoms with van der Waals surface area (Å²) in [5.41, 5.74) is 0.736. The minimum Gasteiger partial charge on any atom is -0.341 e. The van der Waals surface area contributed by atoms with Crippen LogP contribution in [0.25, 0.3) is 0 Å². The van der Waals surface area contributed by atoms with Crippen molar-refractivity contribution in [3.63, 3.8) is 0 Å². The first-order valence-electron chi connectivity index (χ1n) is 13.3. The van der Waals surface area contributed by atoms with E-state index in [1.165, 1.54) is 0 Å². The van der Waals surface area contributed by atoms with Crippen molar-refractivity contribution in [2.75, 3.05) is 32.7 Å². The monoisotopic (exact) mass is 494 g/mol. The van der Waals surface area contributed by atoms with Crippen molar-refractivity contribution < 1.29 is 24.0 Å². The van der Waals surface area contributed by atoms with E-state index in [0.29, 0.717) is 56.4 Å². The van der Waals surface area contributed by atoms with Crippen LogP contribution in [0, 0.1) is 0 Å². The molecule has 4 aliphatic rings. The molecule has 5 rings (SSSR count). The Morgan fingerprint density at radius 1 is 0.667 bits per heavy atom. The average Bonchev–Trinajstić information content (AvgIpc) is 3.72. The molecule has 4 aliphatic heterocycles. The molecule has 4 amide bonds. The Morgan fingerprint density at radius 2 is 1.19 bits per heavy atom. The van der Waals surface area contributed by atoms with Gasteiger partial charge in [-0.3, -0.25) is 19.2 Å². The summed E-state index contributed by atoms with van der Waals surface area (Å²) in [7, 11) is 0. The van der Waals surface area contributed by atoms with Gasteiger partial charge in [0, 0.05) is 43.9 Å². The molecule has 4 fully saturated rings. The second-order valence-corrected chi connectivity index (χ2v) is 10.3. The highest BCUT2D eigenvalue weighted by atomic mass is 16.2. The molecule has 1 aromatic rings. The first kappa shape index (κ1) is 24.5. The van der Waals surface area contributed by atoms with Gasteiger partial charge in [0.05, 0.1) is 6.04 Å². The van der Waals surface area contributed by atoms with Crippen molar-refractivity contribution in [3.05, 3.63) is 35.4 Å². The molecule has 4 saturated heterocycles. The molecule has 9 nitrogen and oxygen atoms in total. The molecule has 9 heteroatoms. The second kappa shape index (κ2) is 10.4. The van der Waals surface area contributed by atoms with E-state index in [0.717, 1.165) is 45.1 Å². The van der Waals surface area contributed by atoms with E-state index in [1.807, 2.05) is 4.90 Å². The van der Waals surface area contributed by atoms with E-state index >= 15 is 0 Å². The molecule has 0 aliphatic carbocycles. The Bertz CT molecular complexity index is 1050. The number of likely N-dealkylation sites (tertiary alicyclic amines) is 4. The minimum atomic E-state index is -0.585. The van der Waals surface area contributed by atoms with Gasteiger partial charge in [0.2, 0.25) is 11.8 Å². The van der Waals surface area contributed by atoms with Crippen LogP contribution < -0.4 is 0 Å². The smallest absolute Gasteiger partial charge is 0.254 e. The fourth-order valence-electron chi connectivity index (χ4n) is 6.20. The number of nitrogens with zero attached hydrogens (tertiary/aromatic N) is 4. The standard InChI is InChI=1S/C27H34N4O5/c32-18-21-9-4-14-29(21)27(36)23-11-6-16-31(23)25(34)20-8-3-7-19(17-20)24(33)30-15-5-10-22(30)26(35)28-12-1-2-13-28/h3,7-8,17-18,21-23H,1-2,4-6,9-16H2/t21-,22?,23-/m0/s1. The van der Waals surface area contributed by atoms with Crippen LogP contribution >= 0.6 is 0 Å². The van der Waals surface area contributed by atoms with Crippen molar-refractivity contribution in [2.24, 2.45) is 0 Å². The van der Waals surface area contributed by atoms with E-state index in [9.17, 15) is 24.0 Å². The van der Waals surface area contributed by atoms with E-state index in [1.54, 1.807) is 39.0 Å². The molecule has 0 bridgehead atoms. The maximum Gasteiger partial charge on any atom is 0.254 e. The molecule has 0 aromatic heterocycles. The highest BCUT2D eigenvalue weighted by molar-refractivity contribution is 6.02. The van der Waals surface area contributed by atoms with Gasteiger partial charge >= 0.3 is 0 Å². The van der Waals surface area contributed by atoms with Gasteiger partial charge in [-0.25, -0.2) is 0 Å². The fourth-order valence-corrected chi connectivity index (χ4v) is 6.20. The zero-order valence-electron chi connectivity index (χ0n) is 20.6. The lowest BCUT2D eigenvalue weighted by molar-refractivity contribution is -0.138. The molecular formula is C27H34N4O5. The van der Waals surface area contributed by atoms with Crippen LogP contribution in [-0.4, -0.2) is 100 Å². The third-order valence-corrected chi connectivity index (χ3v) is 8.11. The average molecular weight is 495 g/mol. The number of amides is 4.